The van der Waals surface area contributed by atoms with Crippen LogP contribution in [-0.2, 0) is 32.7 Å². The third kappa shape index (κ3) is 8.23. The highest BCUT2D eigenvalue weighted by Crippen LogP contribution is 2.34. The van der Waals surface area contributed by atoms with E-state index in [9.17, 15) is 18.0 Å². The number of tetrazole rings is 1. The summed E-state index contributed by atoms with van der Waals surface area (Å²) in [6.07, 6.45) is 2.77. The van der Waals surface area contributed by atoms with Gasteiger partial charge in [-0.2, -0.15) is 17.8 Å². The molecule has 1 aliphatic rings. The molecule has 12 nitrogen and oxygen atoms in total. The Labute approximate surface area is 206 Å². The molecule has 0 saturated carbocycles. The van der Waals surface area contributed by atoms with Crippen molar-refractivity contribution < 1.29 is 22.5 Å². The number of piperidine rings is 1. The average molecular weight is 513 g/mol. The fraction of sp³-hybridized carbons (Fsp3) is 0.636. The van der Waals surface area contributed by atoms with Crippen LogP contribution in [0.1, 0.15) is 33.1 Å². The highest BCUT2D eigenvalue weighted by Gasteiger charge is 2.42. The van der Waals surface area contributed by atoms with Gasteiger partial charge in [-0.1, -0.05) is 25.1 Å². The molecule has 0 aliphatic carbocycles. The summed E-state index contributed by atoms with van der Waals surface area (Å²) in [4.78, 5) is 29.4. The number of likely N-dealkylation sites (tertiary alicyclic amines) is 1. The molecule has 1 N–H and O–H groups in total. The lowest BCUT2D eigenvalue weighted by Crippen LogP contribution is -2.60. The minimum absolute atomic E-state index is 0.106. The highest BCUT2D eigenvalue weighted by molar-refractivity contribution is 7.85. The first-order valence-corrected chi connectivity index (χ1v) is 13.4. The van der Waals surface area contributed by atoms with Crippen molar-refractivity contribution in [3.63, 3.8) is 0 Å². The van der Waals surface area contributed by atoms with Crippen molar-refractivity contribution in [3.05, 3.63) is 40.8 Å². The molecule has 0 spiro atoms. The average Bonchev–Trinajstić information content (AvgIpc) is 3.18. The molecule has 0 bridgehead atoms. The van der Waals surface area contributed by atoms with Crippen LogP contribution < -0.4 is 10.6 Å². The molecule has 1 saturated heterocycles. The van der Waals surface area contributed by atoms with Gasteiger partial charge in [-0.05, 0) is 42.3 Å². The fourth-order valence-corrected chi connectivity index (χ4v) is 4.19. The maximum atomic E-state index is 13.0. The van der Waals surface area contributed by atoms with Crippen molar-refractivity contribution in [1.29, 1.82) is 0 Å². The summed E-state index contributed by atoms with van der Waals surface area (Å²) in [6.45, 7) is 7.64. The second-order valence-electron chi connectivity index (χ2n) is 8.45. The molecule has 0 radical (unpaired) electrons. The predicted octanol–water partition coefficient (Wildman–Crippen LogP) is 0.888. The summed E-state index contributed by atoms with van der Waals surface area (Å²) in [6, 6.07) is 9.85. The Morgan fingerprint density at radius 2 is 1.69 bits per heavy atom. The zero-order valence-corrected chi connectivity index (χ0v) is 21.6. The van der Waals surface area contributed by atoms with E-state index >= 15 is 0 Å². The van der Waals surface area contributed by atoms with Crippen LogP contribution in [0.25, 0.3) is 0 Å². The molecule has 1 amide bonds. The summed E-state index contributed by atoms with van der Waals surface area (Å²) in [5.41, 5.74) is 0.367. The maximum absolute atomic E-state index is 13.0. The van der Waals surface area contributed by atoms with Gasteiger partial charge in [-0.15, -0.1) is 0 Å². The van der Waals surface area contributed by atoms with Crippen LogP contribution in [0.3, 0.4) is 0 Å². The van der Waals surface area contributed by atoms with Gasteiger partial charge in [0.05, 0.1) is 24.9 Å². The lowest BCUT2D eigenvalue weighted by Gasteiger charge is -2.48. The monoisotopic (exact) mass is 512 g/mol. The zero-order chi connectivity index (χ0) is 26.1. The molecule has 35 heavy (non-hydrogen) atoms. The summed E-state index contributed by atoms with van der Waals surface area (Å²) in [5, 5.41) is 7.82. The zero-order valence-electron chi connectivity index (χ0n) is 20.8. The molecule has 0 atom stereocenters. The van der Waals surface area contributed by atoms with Gasteiger partial charge < -0.3 is 14.5 Å². The molecule has 2 heterocycles. The largest absolute Gasteiger partial charge is 0.382 e. The second-order valence-corrected chi connectivity index (χ2v) is 9.92. The molecular formula is C22H36N6O6S. The Hall–Kier alpha value is -2.61. The number of hydrogen-bond donors (Lipinski definition) is 1. The van der Waals surface area contributed by atoms with Gasteiger partial charge in [-0.3, -0.25) is 9.35 Å². The first-order chi connectivity index (χ1) is 16.5. The minimum Gasteiger partial charge on any atom is -0.382 e. The van der Waals surface area contributed by atoms with Gasteiger partial charge in [0.15, 0.2) is 0 Å². The van der Waals surface area contributed by atoms with Crippen LogP contribution in [0, 0.1) is 0 Å². The minimum atomic E-state index is -3.67. The molecule has 1 aliphatic heterocycles. The number of para-hydroxylation sites is 1. The van der Waals surface area contributed by atoms with Crippen LogP contribution in [0.15, 0.2) is 35.1 Å². The van der Waals surface area contributed by atoms with E-state index < -0.39 is 10.1 Å². The summed E-state index contributed by atoms with van der Waals surface area (Å²) < 4.78 is 34.2. The van der Waals surface area contributed by atoms with Crippen LogP contribution in [-0.4, -0.2) is 88.7 Å². The number of carbonyl (C=O) groups excluding carboxylic acids is 1. The topological polar surface area (TPSA) is 140 Å². The lowest BCUT2D eigenvalue weighted by molar-refractivity contribution is -0.120. The van der Waals surface area contributed by atoms with Crippen molar-refractivity contribution in [3.8, 4) is 0 Å². The van der Waals surface area contributed by atoms with Crippen molar-refractivity contribution in [2.75, 3.05) is 44.5 Å². The molecule has 1 fully saturated rings. The number of anilines is 1. The van der Waals surface area contributed by atoms with Crippen molar-refractivity contribution in [2.45, 2.75) is 51.7 Å². The standard InChI is InChI=1S/C21H32N6O3.CH4O3S/c1-4-19(28)27(18-9-7-6-8-10-18)21(17-30-3)11-13-24(14-12-21)15-16-26-20(29)25(5-2)22-23-26;1-5(2,3)4/h6-10H,4-5,11-17H2,1-3H3;1H3,(H,2,3,4). The van der Waals surface area contributed by atoms with E-state index in [0.717, 1.165) is 38.2 Å². The molecule has 196 valence electrons. The number of rotatable bonds is 9. The van der Waals surface area contributed by atoms with Gasteiger partial charge in [0.25, 0.3) is 10.1 Å². The van der Waals surface area contributed by atoms with Crippen molar-refractivity contribution in [2.24, 2.45) is 0 Å². The van der Waals surface area contributed by atoms with Crippen molar-refractivity contribution >= 4 is 21.7 Å². The number of benzene rings is 1. The summed E-state index contributed by atoms with van der Waals surface area (Å²) in [5.74, 6) is 0.106. The van der Waals surface area contributed by atoms with Crippen LogP contribution in [0.2, 0.25) is 0 Å². The molecular weight excluding hydrogens is 476 g/mol. The van der Waals surface area contributed by atoms with E-state index in [1.165, 1.54) is 9.36 Å². The lowest BCUT2D eigenvalue weighted by atomic mass is 9.85. The Morgan fingerprint density at radius 1 is 1.11 bits per heavy atom. The maximum Gasteiger partial charge on any atom is 0.363 e. The van der Waals surface area contributed by atoms with Gasteiger partial charge in [-0.25, -0.2) is 4.79 Å². The normalized spacial score (nSPS) is 15.8. The van der Waals surface area contributed by atoms with E-state index in [2.05, 4.69) is 15.3 Å². The molecule has 3 rings (SSSR count). The number of methoxy groups -OCH3 is 1. The van der Waals surface area contributed by atoms with E-state index in [-0.39, 0.29) is 17.1 Å². The third-order valence-electron chi connectivity index (χ3n) is 5.87. The van der Waals surface area contributed by atoms with Crippen LogP contribution in [0.5, 0.6) is 0 Å². The number of amides is 1. The quantitative estimate of drug-likeness (QED) is 0.485. The molecule has 13 heteroatoms. The van der Waals surface area contributed by atoms with Gasteiger partial charge >= 0.3 is 5.69 Å². The Bertz CT molecular complexity index is 1090. The molecule has 1 aromatic heterocycles. The number of nitrogens with zero attached hydrogens (tertiary/aromatic N) is 6. The molecule has 2 aromatic rings. The SMILES string of the molecule is CCC(=O)N(c1ccccc1)C1(COC)CCN(CCn2nnn(CC)c2=O)CC1.CS(=O)(=O)O. The number of carbonyl (C=O) groups is 1. The Balaban J connectivity index is 0.000000784. The summed E-state index contributed by atoms with van der Waals surface area (Å²) in [7, 11) is -1.98. The summed E-state index contributed by atoms with van der Waals surface area (Å²) >= 11 is 0. The van der Waals surface area contributed by atoms with Crippen molar-refractivity contribution in [1.82, 2.24) is 24.7 Å². The number of hydrogen-bond acceptors (Lipinski definition) is 8. The number of aryl methyl sites for hydroxylation is 1. The van der Waals surface area contributed by atoms with E-state index in [1.54, 1.807) is 7.11 Å². The van der Waals surface area contributed by atoms with Gasteiger partial charge in [0, 0.05) is 45.4 Å². The Morgan fingerprint density at radius 3 is 2.17 bits per heavy atom. The number of aromatic nitrogens is 4. The first-order valence-electron chi connectivity index (χ1n) is 11.6. The second kappa shape index (κ2) is 12.9. The Kier molecular flexibility index (Phi) is 10.6. The first kappa shape index (κ1) is 28.6. The van der Waals surface area contributed by atoms with Gasteiger partial charge in [0.2, 0.25) is 5.91 Å². The van der Waals surface area contributed by atoms with Gasteiger partial charge in [0.1, 0.15) is 0 Å². The number of ether oxygens (including phenoxy) is 1. The fourth-order valence-electron chi connectivity index (χ4n) is 4.19. The van der Waals surface area contributed by atoms with E-state index in [1.807, 2.05) is 49.1 Å². The van der Waals surface area contributed by atoms with Crippen LogP contribution >= 0.6 is 0 Å². The highest BCUT2D eigenvalue weighted by atomic mass is 32.2. The van der Waals surface area contributed by atoms with E-state index in [4.69, 9.17) is 9.29 Å². The van der Waals surface area contributed by atoms with Crippen LogP contribution in [0.4, 0.5) is 5.69 Å². The third-order valence-corrected chi connectivity index (χ3v) is 5.87. The smallest absolute Gasteiger partial charge is 0.363 e. The molecule has 0 unspecified atom stereocenters. The molecule has 1 aromatic carbocycles. The predicted molar refractivity (Wildman–Crippen MR) is 132 cm³/mol. The van der Waals surface area contributed by atoms with E-state index in [0.29, 0.717) is 32.4 Å².